The van der Waals surface area contributed by atoms with Gasteiger partial charge in [-0.15, -0.1) is 0 Å². The molecule has 220 valence electrons. The number of likely N-dealkylation sites (tertiary alicyclic amines) is 1. The largest absolute Gasteiger partial charge is 0.384 e. The molecule has 1 unspecified atom stereocenters. The van der Waals surface area contributed by atoms with Crippen molar-refractivity contribution in [1.82, 2.24) is 24.4 Å². The van der Waals surface area contributed by atoms with Gasteiger partial charge in [0.15, 0.2) is 9.84 Å². The number of pyridine rings is 2. The van der Waals surface area contributed by atoms with Crippen molar-refractivity contribution in [3.63, 3.8) is 0 Å². The molecule has 0 amide bonds. The summed E-state index contributed by atoms with van der Waals surface area (Å²) in [5.74, 6) is 0.852. The fourth-order valence-electron chi connectivity index (χ4n) is 6.07. The summed E-state index contributed by atoms with van der Waals surface area (Å²) in [5.41, 5.74) is 3.43. The number of rotatable bonds is 9. The smallest absolute Gasteiger partial charge is 0.261 e. The molecule has 1 saturated heterocycles. The number of nitrogens with zero attached hydrogens (tertiary/aromatic N) is 5. The van der Waals surface area contributed by atoms with Crippen LogP contribution in [0.3, 0.4) is 0 Å². The zero-order valence-corrected chi connectivity index (χ0v) is 24.8. The van der Waals surface area contributed by atoms with E-state index in [9.17, 15) is 13.2 Å². The van der Waals surface area contributed by atoms with E-state index in [0.29, 0.717) is 28.8 Å². The van der Waals surface area contributed by atoms with Gasteiger partial charge in [0.25, 0.3) is 5.56 Å². The van der Waals surface area contributed by atoms with E-state index in [1.54, 1.807) is 22.9 Å². The molecular weight excluding hydrogens is 552 g/mol. The lowest BCUT2D eigenvalue weighted by atomic mass is 9.98. The highest BCUT2D eigenvalue weighted by Crippen LogP contribution is 2.32. The van der Waals surface area contributed by atoms with E-state index in [1.165, 1.54) is 31.4 Å². The maximum absolute atomic E-state index is 14.0. The topological polar surface area (TPSA) is 119 Å². The second-order valence-corrected chi connectivity index (χ2v) is 13.4. The molecule has 6 rings (SSSR count). The van der Waals surface area contributed by atoms with Gasteiger partial charge in [-0.2, -0.15) is 4.98 Å². The SMILES string of the molecule is COCCS(=O)(=O)c1ccc(-c2cc3cnc(Nc4ccc(C5CCN(C)C5)cc4)nc3n(C3CCCC3)c2=O)nc1. The highest BCUT2D eigenvalue weighted by molar-refractivity contribution is 7.91. The van der Waals surface area contributed by atoms with Crippen LogP contribution in [0.5, 0.6) is 0 Å². The van der Waals surface area contributed by atoms with E-state index >= 15 is 0 Å². The normalized spacial score (nSPS) is 18.2. The van der Waals surface area contributed by atoms with Gasteiger partial charge in [-0.25, -0.2) is 13.4 Å². The summed E-state index contributed by atoms with van der Waals surface area (Å²) < 4.78 is 31.8. The Labute approximate surface area is 245 Å². The Bertz CT molecular complexity index is 1730. The molecule has 11 heteroatoms. The van der Waals surface area contributed by atoms with Crippen LogP contribution in [-0.4, -0.2) is 72.4 Å². The van der Waals surface area contributed by atoms with Crippen LogP contribution in [0, 0.1) is 0 Å². The van der Waals surface area contributed by atoms with Crippen LogP contribution in [-0.2, 0) is 14.6 Å². The summed E-state index contributed by atoms with van der Waals surface area (Å²) >= 11 is 0. The predicted molar refractivity (Wildman–Crippen MR) is 163 cm³/mol. The minimum Gasteiger partial charge on any atom is -0.384 e. The minimum atomic E-state index is -3.53. The summed E-state index contributed by atoms with van der Waals surface area (Å²) in [7, 11) is 0.0915. The maximum Gasteiger partial charge on any atom is 0.261 e. The molecule has 1 N–H and O–H groups in total. The summed E-state index contributed by atoms with van der Waals surface area (Å²) in [4.78, 5) is 30.2. The first-order valence-electron chi connectivity index (χ1n) is 14.5. The monoisotopic (exact) mass is 588 g/mol. The van der Waals surface area contributed by atoms with E-state index in [2.05, 4.69) is 51.5 Å². The van der Waals surface area contributed by atoms with Crippen molar-refractivity contribution in [2.75, 3.05) is 44.9 Å². The van der Waals surface area contributed by atoms with Gasteiger partial charge in [0.1, 0.15) is 5.65 Å². The standard InChI is InChI=1S/C31H36N6O4S/c1-36-14-13-22(20-36)21-7-9-24(10-8-21)34-31-33-18-23-17-27(30(38)37(29(23)35-31)25-5-3-4-6-25)28-12-11-26(19-32-28)42(39,40)16-15-41-2/h7-12,17-19,22,25H,3-6,13-16,20H2,1-2H3,(H,33,34,35). The van der Waals surface area contributed by atoms with E-state index in [1.807, 2.05) is 0 Å². The van der Waals surface area contributed by atoms with Crippen LogP contribution in [0.15, 0.2) is 64.5 Å². The molecule has 1 aliphatic carbocycles. The van der Waals surface area contributed by atoms with Gasteiger partial charge in [-0.3, -0.25) is 14.3 Å². The average Bonchev–Trinajstić information content (AvgIpc) is 3.69. The number of hydrogen-bond donors (Lipinski definition) is 1. The fourth-order valence-corrected chi connectivity index (χ4v) is 7.18. The van der Waals surface area contributed by atoms with Crippen molar-refractivity contribution in [2.24, 2.45) is 0 Å². The number of methoxy groups -OCH3 is 1. The van der Waals surface area contributed by atoms with Crippen LogP contribution in [0.2, 0.25) is 0 Å². The molecule has 1 atom stereocenters. The third kappa shape index (κ3) is 5.81. The molecule has 0 radical (unpaired) electrons. The van der Waals surface area contributed by atoms with E-state index < -0.39 is 9.84 Å². The number of hydrogen-bond acceptors (Lipinski definition) is 9. The summed E-state index contributed by atoms with van der Waals surface area (Å²) in [6.07, 6.45) is 8.10. The van der Waals surface area contributed by atoms with Crippen molar-refractivity contribution in [3.8, 4) is 11.3 Å². The van der Waals surface area contributed by atoms with Crippen LogP contribution in [0.25, 0.3) is 22.3 Å². The van der Waals surface area contributed by atoms with Gasteiger partial charge < -0.3 is 15.0 Å². The first kappa shape index (κ1) is 28.4. The molecule has 0 spiro atoms. The van der Waals surface area contributed by atoms with Crippen molar-refractivity contribution >= 4 is 32.5 Å². The second-order valence-electron chi connectivity index (χ2n) is 11.3. The first-order valence-corrected chi connectivity index (χ1v) is 16.1. The van der Waals surface area contributed by atoms with Gasteiger partial charge in [0.2, 0.25) is 5.95 Å². The Balaban J connectivity index is 1.33. The molecule has 1 aromatic carbocycles. The highest BCUT2D eigenvalue weighted by Gasteiger charge is 2.24. The molecule has 3 aromatic heterocycles. The third-order valence-corrected chi connectivity index (χ3v) is 10.1. The zero-order valence-electron chi connectivity index (χ0n) is 24.0. The summed E-state index contributed by atoms with van der Waals surface area (Å²) in [6.45, 7) is 2.30. The first-order chi connectivity index (χ1) is 20.3. The van der Waals surface area contributed by atoms with Crippen molar-refractivity contribution in [2.45, 2.75) is 49.0 Å². The molecule has 4 heterocycles. The number of nitrogens with one attached hydrogen (secondary N) is 1. The lowest BCUT2D eigenvalue weighted by molar-refractivity contribution is 0.217. The number of aromatic nitrogens is 4. The van der Waals surface area contributed by atoms with E-state index in [0.717, 1.165) is 49.8 Å². The van der Waals surface area contributed by atoms with Crippen molar-refractivity contribution < 1.29 is 13.2 Å². The number of likely N-dealkylation sites (N-methyl/N-ethyl adjacent to an activating group) is 1. The molecule has 2 fully saturated rings. The van der Waals surface area contributed by atoms with Crippen molar-refractivity contribution in [3.05, 3.63) is 70.8 Å². The van der Waals surface area contributed by atoms with Gasteiger partial charge in [-0.1, -0.05) is 25.0 Å². The van der Waals surface area contributed by atoms with Gasteiger partial charge in [0.05, 0.1) is 28.5 Å². The minimum absolute atomic E-state index is 0.0280. The Morgan fingerprint density at radius 3 is 2.48 bits per heavy atom. The van der Waals surface area contributed by atoms with Gasteiger partial charge >= 0.3 is 0 Å². The number of benzene rings is 1. The molecular formula is C31H36N6O4S. The molecule has 2 aliphatic rings. The third-order valence-electron chi connectivity index (χ3n) is 8.42. The number of anilines is 2. The molecule has 0 bridgehead atoms. The van der Waals surface area contributed by atoms with Crippen LogP contribution in [0.4, 0.5) is 11.6 Å². The predicted octanol–water partition coefficient (Wildman–Crippen LogP) is 4.55. The van der Waals surface area contributed by atoms with Crippen LogP contribution >= 0.6 is 0 Å². The summed E-state index contributed by atoms with van der Waals surface area (Å²) in [6, 6.07) is 13.3. The van der Waals surface area contributed by atoms with Crippen molar-refractivity contribution in [1.29, 1.82) is 0 Å². The fraction of sp³-hybridized carbons (Fsp3) is 0.419. The molecule has 10 nitrogen and oxygen atoms in total. The molecule has 4 aromatic rings. The van der Waals surface area contributed by atoms with E-state index in [4.69, 9.17) is 9.72 Å². The molecule has 1 aliphatic heterocycles. The zero-order chi connectivity index (χ0) is 29.3. The lowest BCUT2D eigenvalue weighted by Gasteiger charge is -2.18. The summed E-state index contributed by atoms with van der Waals surface area (Å²) in [5, 5.41) is 4.04. The molecule has 1 saturated carbocycles. The van der Waals surface area contributed by atoms with Gasteiger partial charge in [-0.05, 0) is 74.7 Å². The Morgan fingerprint density at radius 1 is 1.02 bits per heavy atom. The molecule has 42 heavy (non-hydrogen) atoms. The second kappa shape index (κ2) is 11.9. The quantitative estimate of drug-likeness (QED) is 0.300. The number of ether oxygens (including phenoxy) is 1. The number of sulfone groups is 1. The Morgan fingerprint density at radius 2 is 1.81 bits per heavy atom. The average molecular weight is 589 g/mol. The van der Waals surface area contributed by atoms with Gasteiger partial charge in [0, 0.05) is 43.2 Å². The Hall–Kier alpha value is -3.67. The Kier molecular flexibility index (Phi) is 8.06. The van der Waals surface area contributed by atoms with Crippen LogP contribution in [0.1, 0.15) is 49.6 Å². The van der Waals surface area contributed by atoms with Crippen LogP contribution < -0.4 is 10.9 Å². The maximum atomic E-state index is 14.0. The number of fused-ring (bicyclic) bond motifs is 1. The van der Waals surface area contributed by atoms with E-state index in [-0.39, 0.29) is 28.9 Å². The lowest BCUT2D eigenvalue weighted by Crippen LogP contribution is -2.26. The highest BCUT2D eigenvalue weighted by atomic mass is 32.2.